The summed E-state index contributed by atoms with van der Waals surface area (Å²) in [6.07, 6.45) is 7.48. The van der Waals surface area contributed by atoms with Gasteiger partial charge in [0, 0.05) is 38.2 Å². The van der Waals surface area contributed by atoms with E-state index in [0.717, 1.165) is 39.3 Å². The zero-order valence-corrected chi connectivity index (χ0v) is 12.2. The second-order valence-electron chi connectivity index (χ2n) is 6.41. The van der Waals surface area contributed by atoms with Crippen molar-refractivity contribution in [2.45, 2.75) is 38.5 Å². The van der Waals surface area contributed by atoms with Crippen molar-refractivity contribution in [3.63, 3.8) is 0 Å². The predicted octanol–water partition coefficient (Wildman–Crippen LogP) is 0.929. The molecule has 2 rings (SSSR count). The van der Waals surface area contributed by atoms with E-state index in [2.05, 4.69) is 9.80 Å². The number of β-amino-alcohol motifs (C(OH)–C–C–N with tert-alkyl or cyclic N) is 1. The summed E-state index contributed by atoms with van der Waals surface area (Å²) in [6, 6.07) is 0. The molecule has 0 aromatic heterocycles. The fourth-order valence-corrected chi connectivity index (χ4v) is 3.69. The summed E-state index contributed by atoms with van der Waals surface area (Å²) in [6.45, 7) is 6.87. The van der Waals surface area contributed by atoms with Gasteiger partial charge in [0.05, 0.1) is 6.61 Å². The Morgan fingerprint density at radius 3 is 2.16 bits per heavy atom. The van der Waals surface area contributed by atoms with E-state index < -0.39 is 0 Å². The van der Waals surface area contributed by atoms with E-state index in [0.29, 0.717) is 6.61 Å². The standard InChI is InChI=1S/C15H30N2O2/c18-12-11-16-7-4-8-17(10-9-16)13-15(14-19)5-2-1-3-6-15/h18-19H,1-14H2. The maximum absolute atomic E-state index is 9.81. The summed E-state index contributed by atoms with van der Waals surface area (Å²) in [5.74, 6) is 0. The van der Waals surface area contributed by atoms with Crippen LogP contribution in [0.2, 0.25) is 0 Å². The van der Waals surface area contributed by atoms with E-state index in [1.54, 1.807) is 0 Å². The highest BCUT2D eigenvalue weighted by Crippen LogP contribution is 2.36. The van der Waals surface area contributed by atoms with E-state index in [4.69, 9.17) is 5.11 Å². The van der Waals surface area contributed by atoms with E-state index in [1.807, 2.05) is 0 Å². The van der Waals surface area contributed by atoms with Crippen LogP contribution in [0.25, 0.3) is 0 Å². The van der Waals surface area contributed by atoms with Crippen molar-refractivity contribution in [3.8, 4) is 0 Å². The molecule has 4 nitrogen and oxygen atoms in total. The summed E-state index contributed by atoms with van der Waals surface area (Å²) in [7, 11) is 0. The van der Waals surface area contributed by atoms with E-state index in [9.17, 15) is 5.11 Å². The third-order valence-corrected chi connectivity index (χ3v) is 4.91. The molecule has 4 heteroatoms. The molecule has 0 unspecified atom stereocenters. The minimum absolute atomic E-state index is 0.171. The lowest BCUT2D eigenvalue weighted by Crippen LogP contribution is -2.43. The maximum atomic E-state index is 9.81. The zero-order valence-electron chi connectivity index (χ0n) is 12.2. The van der Waals surface area contributed by atoms with E-state index in [-0.39, 0.29) is 12.0 Å². The molecule has 0 bridgehead atoms. The molecule has 1 aliphatic carbocycles. The minimum atomic E-state index is 0.171. The van der Waals surface area contributed by atoms with Gasteiger partial charge in [-0.25, -0.2) is 0 Å². The first kappa shape index (κ1) is 15.2. The van der Waals surface area contributed by atoms with Crippen LogP contribution in [0.15, 0.2) is 0 Å². The number of hydrogen-bond donors (Lipinski definition) is 2. The topological polar surface area (TPSA) is 46.9 Å². The normalized spacial score (nSPS) is 26.2. The van der Waals surface area contributed by atoms with Gasteiger partial charge in [-0.3, -0.25) is 4.90 Å². The van der Waals surface area contributed by atoms with Crippen LogP contribution in [0.5, 0.6) is 0 Å². The monoisotopic (exact) mass is 270 g/mol. The van der Waals surface area contributed by atoms with E-state index >= 15 is 0 Å². The van der Waals surface area contributed by atoms with Gasteiger partial charge < -0.3 is 15.1 Å². The van der Waals surface area contributed by atoms with Gasteiger partial charge in [-0.05, 0) is 32.4 Å². The summed E-state index contributed by atoms with van der Waals surface area (Å²) in [5, 5.41) is 18.8. The highest BCUT2D eigenvalue weighted by atomic mass is 16.3. The number of nitrogens with zero attached hydrogens (tertiary/aromatic N) is 2. The Morgan fingerprint density at radius 1 is 0.789 bits per heavy atom. The Morgan fingerprint density at radius 2 is 1.47 bits per heavy atom. The second-order valence-corrected chi connectivity index (χ2v) is 6.41. The first-order valence-electron chi connectivity index (χ1n) is 7.94. The van der Waals surface area contributed by atoms with Crippen LogP contribution < -0.4 is 0 Å². The lowest BCUT2D eigenvalue weighted by Gasteiger charge is -2.39. The minimum Gasteiger partial charge on any atom is -0.396 e. The molecule has 1 heterocycles. The molecule has 1 aliphatic heterocycles. The molecule has 112 valence electrons. The van der Waals surface area contributed by atoms with Crippen molar-refractivity contribution < 1.29 is 10.2 Å². The molecule has 0 radical (unpaired) electrons. The fourth-order valence-electron chi connectivity index (χ4n) is 3.69. The lowest BCUT2D eigenvalue weighted by molar-refractivity contribution is 0.0414. The molecule has 0 aromatic rings. The van der Waals surface area contributed by atoms with Crippen molar-refractivity contribution in [1.29, 1.82) is 0 Å². The van der Waals surface area contributed by atoms with Crippen LogP contribution in [-0.2, 0) is 0 Å². The summed E-state index contributed by atoms with van der Waals surface area (Å²) >= 11 is 0. The van der Waals surface area contributed by atoms with Crippen LogP contribution in [0.1, 0.15) is 38.5 Å². The Labute approximate surface area is 117 Å². The predicted molar refractivity (Wildman–Crippen MR) is 77.2 cm³/mol. The quantitative estimate of drug-likeness (QED) is 0.780. The van der Waals surface area contributed by atoms with Gasteiger partial charge >= 0.3 is 0 Å². The smallest absolute Gasteiger partial charge is 0.0558 e. The summed E-state index contributed by atoms with van der Waals surface area (Å²) in [4.78, 5) is 4.89. The Balaban J connectivity index is 1.84. The van der Waals surface area contributed by atoms with E-state index in [1.165, 1.54) is 38.5 Å². The molecule has 2 N–H and O–H groups in total. The van der Waals surface area contributed by atoms with Crippen LogP contribution >= 0.6 is 0 Å². The van der Waals surface area contributed by atoms with Crippen LogP contribution in [0.4, 0.5) is 0 Å². The molecule has 0 aromatic carbocycles. The third-order valence-electron chi connectivity index (χ3n) is 4.91. The number of rotatable bonds is 5. The molecule has 2 fully saturated rings. The molecular formula is C15H30N2O2. The lowest BCUT2D eigenvalue weighted by atomic mass is 9.74. The Hall–Kier alpha value is -0.160. The number of aliphatic hydroxyl groups excluding tert-OH is 2. The molecule has 0 atom stereocenters. The molecule has 2 aliphatic rings. The second kappa shape index (κ2) is 7.58. The van der Waals surface area contributed by atoms with Gasteiger partial charge in [-0.2, -0.15) is 0 Å². The van der Waals surface area contributed by atoms with Crippen molar-refractivity contribution in [1.82, 2.24) is 9.80 Å². The van der Waals surface area contributed by atoms with Crippen molar-refractivity contribution in [2.24, 2.45) is 5.41 Å². The SMILES string of the molecule is OCCN1CCCN(CC2(CO)CCCCC2)CC1. The van der Waals surface area contributed by atoms with Gasteiger partial charge in [-0.15, -0.1) is 0 Å². The average molecular weight is 270 g/mol. The van der Waals surface area contributed by atoms with Crippen LogP contribution in [0.3, 0.4) is 0 Å². The highest BCUT2D eigenvalue weighted by molar-refractivity contribution is 4.86. The van der Waals surface area contributed by atoms with Crippen LogP contribution in [-0.4, -0.2) is 72.5 Å². The largest absolute Gasteiger partial charge is 0.396 e. The van der Waals surface area contributed by atoms with Gasteiger partial charge in [0.1, 0.15) is 0 Å². The molecule has 1 saturated carbocycles. The molecular weight excluding hydrogens is 240 g/mol. The first-order valence-corrected chi connectivity index (χ1v) is 7.94. The molecule has 19 heavy (non-hydrogen) atoms. The number of hydrogen-bond acceptors (Lipinski definition) is 4. The van der Waals surface area contributed by atoms with Crippen LogP contribution in [0, 0.1) is 5.41 Å². The van der Waals surface area contributed by atoms with Crippen molar-refractivity contribution in [2.75, 3.05) is 52.5 Å². The summed E-state index contributed by atoms with van der Waals surface area (Å²) < 4.78 is 0. The maximum Gasteiger partial charge on any atom is 0.0558 e. The van der Waals surface area contributed by atoms with Gasteiger partial charge in [0.2, 0.25) is 0 Å². The molecule has 0 spiro atoms. The Kier molecular flexibility index (Phi) is 6.07. The van der Waals surface area contributed by atoms with Gasteiger partial charge in [0.15, 0.2) is 0 Å². The molecule has 1 saturated heterocycles. The Bertz CT molecular complexity index is 255. The number of aliphatic hydroxyl groups is 2. The fraction of sp³-hybridized carbons (Fsp3) is 1.00. The van der Waals surface area contributed by atoms with Gasteiger partial charge in [-0.1, -0.05) is 19.3 Å². The third kappa shape index (κ3) is 4.42. The first-order chi connectivity index (χ1) is 9.28. The zero-order chi connectivity index (χ0) is 13.6. The summed E-state index contributed by atoms with van der Waals surface area (Å²) in [5.41, 5.74) is 0.171. The van der Waals surface area contributed by atoms with Crippen molar-refractivity contribution in [3.05, 3.63) is 0 Å². The van der Waals surface area contributed by atoms with Gasteiger partial charge in [0.25, 0.3) is 0 Å². The molecule has 0 amide bonds. The van der Waals surface area contributed by atoms with Crippen molar-refractivity contribution >= 4 is 0 Å². The average Bonchev–Trinajstić information content (AvgIpc) is 2.66. The highest BCUT2D eigenvalue weighted by Gasteiger charge is 2.33.